The van der Waals surface area contributed by atoms with Crippen LogP contribution in [-0.4, -0.2) is 35.2 Å². The normalized spacial score (nSPS) is 34.9. The predicted octanol–water partition coefficient (Wildman–Crippen LogP) is 1.53. The molecule has 2 fully saturated rings. The maximum Gasteiger partial charge on any atom is 0.0672 e. The van der Waals surface area contributed by atoms with Crippen molar-refractivity contribution < 1.29 is 5.11 Å². The molecule has 0 radical (unpaired) electrons. The summed E-state index contributed by atoms with van der Waals surface area (Å²) in [6, 6.07) is 2.93. The van der Waals surface area contributed by atoms with Crippen molar-refractivity contribution in [2.24, 2.45) is 5.92 Å². The third-order valence-corrected chi connectivity index (χ3v) is 3.86. The Balaban J connectivity index is 1.93. The molecule has 1 saturated carbocycles. The Kier molecular flexibility index (Phi) is 3.61. The number of aliphatic hydroxyl groups is 1. The highest BCUT2D eigenvalue weighted by Crippen LogP contribution is 2.29. The Labute approximate surface area is 91.7 Å². The number of rotatable bonds is 1. The van der Waals surface area contributed by atoms with Gasteiger partial charge in [-0.1, -0.05) is 12.8 Å². The lowest BCUT2D eigenvalue weighted by Crippen LogP contribution is -2.47. The second kappa shape index (κ2) is 4.96. The molecule has 0 aromatic heterocycles. The van der Waals surface area contributed by atoms with E-state index in [1.54, 1.807) is 0 Å². The Bertz CT molecular complexity index is 240. The number of hydrogen-bond acceptors (Lipinski definition) is 3. The van der Waals surface area contributed by atoms with E-state index < -0.39 is 0 Å². The topological polar surface area (TPSA) is 47.3 Å². The van der Waals surface area contributed by atoms with Gasteiger partial charge < -0.3 is 5.11 Å². The largest absolute Gasteiger partial charge is 0.393 e. The van der Waals surface area contributed by atoms with Crippen LogP contribution in [0.3, 0.4) is 0 Å². The standard InChI is InChI=1S/C12H20N2O/c13-9-10-3-1-2-4-12(10)14-7-5-11(15)6-8-14/h10-12,15H,1-8H2. The van der Waals surface area contributed by atoms with E-state index in [1.807, 2.05) is 0 Å². The number of hydrogen-bond donors (Lipinski definition) is 1. The number of aliphatic hydroxyl groups excluding tert-OH is 1. The van der Waals surface area contributed by atoms with E-state index >= 15 is 0 Å². The van der Waals surface area contributed by atoms with Gasteiger partial charge in [-0.05, 0) is 25.7 Å². The summed E-state index contributed by atoms with van der Waals surface area (Å²) in [6.45, 7) is 1.95. The number of nitrogens with zero attached hydrogens (tertiary/aromatic N) is 2. The lowest BCUT2D eigenvalue weighted by molar-refractivity contribution is 0.0398. The smallest absolute Gasteiger partial charge is 0.0672 e. The summed E-state index contributed by atoms with van der Waals surface area (Å²) in [5.74, 6) is 0.231. The molecule has 3 heteroatoms. The first kappa shape index (κ1) is 10.9. The molecule has 0 aromatic carbocycles. The summed E-state index contributed by atoms with van der Waals surface area (Å²) in [4.78, 5) is 2.43. The molecule has 15 heavy (non-hydrogen) atoms. The molecule has 1 heterocycles. The van der Waals surface area contributed by atoms with Crippen molar-refractivity contribution in [3.8, 4) is 6.07 Å². The first-order valence-electron chi connectivity index (χ1n) is 6.13. The van der Waals surface area contributed by atoms with Crippen molar-refractivity contribution in [3.63, 3.8) is 0 Å². The second-order valence-electron chi connectivity index (χ2n) is 4.85. The zero-order valence-corrected chi connectivity index (χ0v) is 9.23. The third-order valence-electron chi connectivity index (χ3n) is 3.86. The van der Waals surface area contributed by atoms with Gasteiger partial charge in [0.05, 0.1) is 18.1 Å². The van der Waals surface area contributed by atoms with E-state index in [4.69, 9.17) is 5.26 Å². The van der Waals surface area contributed by atoms with Crippen molar-refractivity contribution in [1.29, 1.82) is 5.26 Å². The highest BCUT2D eigenvalue weighted by molar-refractivity contribution is 4.96. The Morgan fingerprint density at radius 1 is 1.07 bits per heavy atom. The summed E-state index contributed by atoms with van der Waals surface area (Å²) >= 11 is 0. The van der Waals surface area contributed by atoms with Gasteiger partial charge in [0.25, 0.3) is 0 Å². The molecule has 0 aromatic rings. The fourth-order valence-electron chi connectivity index (χ4n) is 2.92. The van der Waals surface area contributed by atoms with Crippen LogP contribution >= 0.6 is 0 Å². The van der Waals surface area contributed by atoms with Crippen LogP contribution in [0.1, 0.15) is 38.5 Å². The van der Waals surface area contributed by atoms with Gasteiger partial charge in [0, 0.05) is 19.1 Å². The monoisotopic (exact) mass is 208 g/mol. The van der Waals surface area contributed by atoms with Gasteiger partial charge in [-0.25, -0.2) is 0 Å². The molecule has 1 saturated heterocycles. The van der Waals surface area contributed by atoms with Crippen LogP contribution < -0.4 is 0 Å². The fraction of sp³-hybridized carbons (Fsp3) is 0.917. The van der Waals surface area contributed by atoms with Crippen LogP contribution in [0.15, 0.2) is 0 Å². The van der Waals surface area contributed by atoms with Gasteiger partial charge in [0.2, 0.25) is 0 Å². The molecule has 3 nitrogen and oxygen atoms in total. The number of piperidine rings is 1. The molecular formula is C12H20N2O. The molecule has 2 rings (SSSR count). The molecule has 0 amide bonds. The molecular weight excluding hydrogens is 188 g/mol. The lowest BCUT2D eigenvalue weighted by Gasteiger charge is -2.40. The zero-order chi connectivity index (χ0) is 10.7. The van der Waals surface area contributed by atoms with E-state index in [1.165, 1.54) is 19.3 Å². The Morgan fingerprint density at radius 3 is 2.40 bits per heavy atom. The Hall–Kier alpha value is -0.590. The molecule has 1 aliphatic heterocycles. The van der Waals surface area contributed by atoms with E-state index in [2.05, 4.69) is 11.0 Å². The predicted molar refractivity (Wildman–Crippen MR) is 58.2 cm³/mol. The highest BCUT2D eigenvalue weighted by atomic mass is 16.3. The molecule has 1 aliphatic carbocycles. The first-order chi connectivity index (χ1) is 7.31. The average molecular weight is 208 g/mol. The van der Waals surface area contributed by atoms with Gasteiger partial charge in [-0.3, -0.25) is 4.90 Å². The van der Waals surface area contributed by atoms with E-state index in [0.29, 0.717) is 6.04 Å². The zero-order valence-electron chi connectivity index (χ0n) is 9.23. The van der Waals surface area contributed by atoms with Gasteiger partial charge in [-0.15, -0.1) is 0 Å². The van der Waals surface area contributed by atoms with Crippen LogP contribution in [0.4, 0.5) is 0 Å². The lowest BCUT2D eigenvalue weighted by atomic mass is 9.83. The van der Waals surface area contributed by atoms with Crippen molar-refractivity contribution in [3.05, 3.63) is 0 Å². The van der Waals surface area contributed by atoms with Crippen molar-refractivity contribution in [2.75, 3.05) is 13.1 Å². The maximum atomic E-state index is 9.46. The van der Waals surface area contributed by atoms with Crippen LogP contribution in [0, 0.1) is 17.2 Å². The van der Waals surface area contributed by atoms with E-state index in [9.17, 15) is 5.11 Å². The summed E-state index contributed by atoms with van der Waals surface area (Å²) in [7, 11) is 0. The van der Waals surface area contributed by atoms with Crippen LogP contribution in [0.5, 0.6) is 0 Å². The molecule has 2 unspecified atom stereocenters. The summed E-state index contributed by atoms with van der Waals surface area (Å²) in [5, 5.41) is 18.6. The minimum Gasteiger partial charge on any atom is -0.393 e. The average Bonchev–Trinajstić information content (AvgIpc) is 2.30. The fourth-order valence-corrected chi connectivity index (χ4v) is 2.92. The van der Waals surface area contributed by atoms with E-state index in [0.717, 1.165) is 32.4 Å². The number of nitriles is 1. The van der Waals surface area contributed by atoms with Gasteiger partial charge >= 0.3 is 0 Å². The van der Waals surface area contributed by atoms with E-state index in [-0.39, 0.29) is 12.0 Å². The summed E-state index contributed by atoms with van der Waals surface area (Å²) in [6.07, 6.45) is 6.38. The summed E-state index contributed by atoms with van der Waals surface area (Å²) < 4.78 is 0. The molecule has 84 valence electrons. The quantitative estimate of drug-likeness (QED) is 0.711. The molecule has 2 aliphatic rings. The summed E-state index contributed by atoms with van der Waals surface area (Å²) in [5.41, 5.74) is 0. The SMILES string of the molecule is N#CC1CCCCC1N1CCC(O)CC1. The minimum atomic E-state index is -0.106. The molecule has 0 spiro atoms. The highest BCUT2D eigenvalue weighted by Gasteiger charge is 2.31. The number of likely N-dealkylation sites (tertiary alicyclic amines) is 1. The molecule has 2 atom stereocenters. The second-order valence-corrected chi connectivity index (χ2v) is 4.85. The maximum absolute atomic E-state index is 9.46. The van der Waals surface area contributed by atoms with Crippen LogP contribution in [0.2, 0.25) is 0 Å². The Morgan fingerprint density at radius 2 is 1.73 bits per heavy atom. The minimum absolute atomic E-state index is 0.106. The van der Waals surface area contributed by atoms with Gasteiger partial charge in [0.1, 0.15) is 0 Å². The van der Waals surface area contributed by atoms with Gasteiger partial charge in [0.15, 0.2) is 0 Å². The van der Waals surface area contributed by atoms with Crippen molar-refractivity contribution in [1.82, 2.24) is 4.90 Å². The third kappa shape index (κ3) is 2.50. The van der Waals surface area contributed by atoms with Crippen LogP contribution in [-0.2, 0) is 0 Å². The van der Waals surface area contributed by atoms with Crippen molar-refractivity contribution in [2.45, 2.75) is 50.7 Å². The first-order valence-corrected chi connectivity index (χ1v) is 6.13. The van der Waals surface area contributed by atoms with Crippen molar-refractivity contribution >= 4 is 0 Å². The van der Waals surface area contributed by atoms with Gasteiger partial charge in [-0.2, -0.15) is 5.26 Å². The van der Waals surface area contributed by atoms with Crippen LogP contribution in [0.25, 0.3) is 0 Å². The molecule has 1 N–H and O–H groups in total. The molecule has 0 bridgehead atoms.